The number of rotatable bonds is 0. The molecule has 1 aliphatic heterocycles. The van der Waals surface area contributed by atoms with Crippen molar-refractivity contribution in [3.63, 3.8) is 0 Å². The lowest BCUT2D eigenvalue weighted by Crippen LogP contribution is -2.43. The summed E-state index contributed by atoms with van der Waals surface area (Å²) in [4.78, 5) is 2.18. The summed E-state index contributed by atoms with van der Waals surface area (Å²) in [7, 11) is 2.05. The van der Waals surface area contributed by atoms with Crippen LogP contribution in [0.1, 0.15) is 13.3 Å². The molecule has 3 nitrogen and oxygen atoms in total. The summed E-state index contributed by atoms with van der Waals surface area (Å²) in [5.41, 5.74) is 5.77. The van der Waals surface area contributed by atoms with Crippen LogP contribution in [-0.2, 0) is 0 Å². The van der Waals surface area contributed by atoms with Gasteiger partial charge in [-0.2, -0.15) is 0 Å². The van der Waals surface area contributed by atoms with Crippen molar-refractivity contribution < 1.29 is 5.11 Å². The molecule has 0 aromatic heterocycles. The topological polar surface area (TPSA) is 49.5 Å². The molecule has 0 spiro atoms. The molecular weight excluding hydrogens is 140 g/mol. The van der Waals surface area contributed by atoms with Crippen molar-refractivity contribution in [3.05, 3.63) is 0 Å². The Hall–Kier alpha value is -0.120. The number of hydrogen-bond donors (Lipinski definition) is 2. The Morgan fingerprint density at radius 2 is 2.18 bits per heavy atom. The summed E-state index contributed by atoms with van der Waals surface area (Å²) < 4.78 is 0. The van der Waals surface area contributed by atoms with E-state index in [0.29, 0.717) is 5.92 Å². The predicted octanol–water partition coefficient (Wildman–Crippen LogP) is -0.354. The largest absolute Gasteiger partial charge is 0.391 e. The molecule has 11 heavy (non-hydrogen) atoms. The predicted molar refractivity (Wildman–Crippen MR) is 45.3 cm³/mol. The van der Waals surface area contributed by atoms with Crippen molar-refractivity contribution in [1.82, 2.24) is 4.90 Å². The second-order valence-corrected chi connectivity index (χ2v) is 3.68. The summed E-state index contributed by atoms with van der Waals surface area (Å²) in [5.74, 6) is 0.343. The van der Waals surface area contributed by atoms with E-state index < -0.39 is 0 Å². The van der Waals surface area contributed by atoms with Gasteiger partial charge in [-0.1, -0.05) is 6.92 Å². The minimum absolute atomic E-state index is 0.0718. The molecule has 0 aromatic carbocycles. The zero-order valence-corrected chi connectivity index (χ0v) is 7.33. The first kappa shape index (κ1) is 8.97. The number of likely N-dealkylation sites (N-methyl/N-ethyl adjacent to an activating group) is 1. The van der Waals surface area contributed by atoms with Crippen LogP contribution in [0, 0.1) is 5.92 Å². The summed E-state index contributed by atoms with van der Waals surface area (Å²) in [6.45, 7) is 3.92. The minimum atomic E-state index is -0.319. The van der Waals surface area contributed by atoms with Gasteiger partial charge >= 0.3 is 0 Å². The fourth-order valence-corrected chi connectivity index (χ4v) is 1.58. The number of nitrogens with zero attached hydrogens (tertiary/aromatic N) is 1. The maximum Gasteiger partial charge on any atom is 0.0729 e. The normalized spacial score (nSPS) is 42.0. The fraction of sp³-hybridized carbons (Fsp3) is 1.00. The Kier molecular flexibility index (Phi) is 2.87. The monoisotopic (exact) mass is 158 g/mol. The van der Waals surface area contributed by atoms with Crippen molar-refractivity contribution in [2.24, 2.45) is 11.7 Å². The lowest BCUT2D eigenvalue weighted by atomic mass is 9.97. The summed E-state index contributed by atoms with van der Waals surface area (Å²) in [5, 5.41) is 9.59. The molecule has 1 rings (SSSR count). The van der Waals surface area contributed by atoms with E-state index in [2.05, 4.69) is 11.8 Å². The van der Waals surface area contributed by atoms with E-state index in [-0.39, 0.29) is 12.1 Å². The third-order valence-corrected chi connectivity index (χ3v) is 2.51. The summed E-state index contributed by atoms with van der Waals surface area (Å²) >= 11 is 0. The van der Waals surface area contributed by atoms with E-state index in [0.717, 1.165) is 19.5 Å². The highest BCUT2D eigenvalue weighted by Gasteiger charge is 2.25. The van der Waals surface area contributed by atoms with Crippen molar-refractivity contribution in [1.29, 1.82) is 0 Å². The van der Waals surface area contributed by atoms with Crippen molar-refractivity contribution in [2.45, 2.75) is 25.5 Å². The average Bonchev–Trinajstić information content (AvgIpc) is 2.05. The Balaban J connectivity index is 2.53. The summed E-state index contributed by atoms with van der Waals surface area (Å²) in [6.07, 6.45) is 0.727. The second kappa shape index (κ2) is 3.52. The molecule has 0 aliphatic carbocycles. The first-order valence-electron chi connectivity index (χ1n) is 4.23. The molecule has 3 atom stereocenters. The number of hydrogen-bond acceptors (Lipinski definition) is 3. The van der Waals surface area contributed by atoms with Gasteiger partial charge in [0.25, 0.3) is 0 Å². The van der Waals surface area contributed by atoms with Crippen LogP contribution in [0.5, 0.6) is 0 Å². The highest BCUT2D eigenvalue weighted by molar-refractivity contribution is 4.82. The molecule has 1 saturated heterocycles. The van der Waals surface area contributed by atoms with Gasteiger partial charge in [0.1, 0.15) is 0 Å². The van der Waals surface area contributed by atoms with Gasteiger partial charge in [0, 0.05) is 12.6 Å². The van der Waals surface area contributed by atoms with Gasteiger partial charge in [-0.15, -0.1) is 0 Å². The van der Waals surface area contributed by atoms with Gasteiger partial charge in [0.15, 0.2) is 0 Å². The molecule has 0 bridgehead atoms. The van der Waals surface area contributed by atoms with Crippen LogP contribution in [0.15, 0.2) is 0 Å². The SMILES string of the molecule is CC1CCN(C)CC(N)C1O. The maximum absolute atomic E-state index is 9.59. The Morgan fingerprint density at radius 1 is 1.55 bits per heavy atom. The summed E-state index contributed by atoms with van der Waals surface area (Å²) in [6, 6.07) is -0.0718. The molecule has 66 valence electrons. The van der Waals surface area contributed by atoms with Crippen LogP contribution in [0.25, 0.3) is 0 Å². The number of nitrogens with two attached hydrogens (primary N) is 1. The Bertz CT molecular complexity index is 129. The van der Waals surface area contributed by atoms with Crippen LogP contribution in [-0.4, -0.2) is 42.3 Å². The lowest BCUT2D eigenvalue weighted by molar-refractivity contribution is 0.0944. The highest BCUT2D eigenvalue weighted by Crippen LogP contribution is 2.15. The van der Waals surface area contributed by atoms with E-state index >= 15 is 0 Å². The van der Waals surface area contributed by atoms with Crippen LogP contribution >= 0.6 is 0 Å². The third kappa shape index (κ3) is 2.15. The standard InChI is InChI=1S/C8H18N2O/c1-6-3-4-10(2)5-7(9)8(6)11/h6-8,11H,3-5,9H2,1-2H3. The van der Waals surface area contributed by atoms with Crippen LogP contribution in [0.2, 0.25) is 0 Å². The Labute approximate surface area is 68.2 Å². The number of aliphatic hydroxyl groups excluding tert-OH is 1. The van der Waals surface area contributed by atoms with Crippen molar-refractivity contribution in [3.8, 4) is 0 Å². The molecular formula is C8H18N2O. The van der Waals surface area contributed by atoms with E-state index in [9.17, 15) is 5.11 Å². The molecule has 1 aliphatic rings. The van der Waals surface area contributed by atoms with Gasteiger partial charge in [-0.3, -0.25) is 0 Å². The second-order valence-electron chi connectivity index (χ2n) is 3.68. The van der Waals surface area contributed by atoms with Crippen molar-refractivity contribution >= 4 is 0 Å². The minimum Gasteiger partial charge on any atom is -0.391 e. The van der Waals surface area contributed by atoms with Gasteiger partial charge in [-0.05, 0) is 25.9 Å². The van der Waals surface area contributed by atoms with E-state index in [4.69, 9.17) is 5.73 Å². The van der Waals surface area contributed by atoms with E-state index in [1.165, 1.54) is 0 Å². The molecule has 0 saturated carbocycles. The molecule has 1 heterocycles. The molecule has 1 fully saturated rings. The highest BCUT2D eigenvalue weighted by atomic mass is 16.3. The van der Waals surface area contributed by atoms with E-state index in [1.807, 2.05) is 7.05 Å². The quantitative estimate of drug-likeness (QED) is 0.506. The molecule has 0 amide bonds. The smallest absolute Gasteiger partial charge is 0.0729 e. The zero-order valence-electron chi connectivity index (χ0n) is 7.33. The van der Waals surface area contributed by atoms with Gasteiger partial charge in [0.2, 0.25) is 0 Å². The van der Waals surface area contributed by atoms with Crippen LogP contribution in [0.4, 0.5) is 0 Å². The van der Waals surface area contributed by atoms with E-state index in [1.54, 1.807) is 0 Å². The van der Waals surface area contributed by atoms with Gasteiger partial charge < -0.3 is 15.7 Å². The fourth-order valence-electron chi connectivity index (χ4n) is 1.58. The Morgan fingerprint density at radius 3 is 2.82 bits per heavy atom. The molecule has 3 unspecified atom stereocenters. The molecule has 3 heteroatoms. The van der Waals surface area contributed by atoms with Gasteiger partial charge in [-0.25, -0.2) is 0 Å². The first-order chi connectivity index (χ1) is 5.11. The molecule has 0 radical (unpaired) electrons. The average molecular weight is 158 g/mol. The third-order valence-electron chi connectivity index (χ3n) is 2.51. The van der Waals surface area contributed by atoms with Crippen LogP contribution < -0.4 is 5.73 Å². The van der Waals surface area contributed by atoms with Crippen LogP contribution in [0.3, 0.4) is 0 Å². The lowest BCUT2D eigenvalue weighted by Gasteiger charge is -2.21. The zero-order chi connectivity index (χ0) is 8.43. The maximum atomic E-state index is 9.59. The first-order valence-corrected chi connectivity index (χ1v) is 4.23. The number of likely N-dealkylation sites (tertiary alicyclic amines) is 1. The number of aliphatic hydroxyl groups is 1. The van der Waals surface area contributed by atoms with Crippen molar-refractivity contribution in [2.75, 3.05) is 20.1 Å². The van der Waals surface area contributed by atoms with Gasteiger partial charge in [0.05, 0.1) is 6.10 Å². The molecule has 3 N–H and O–H groups in total. The molecule has 0 aromatic rings.